The van der Waals surface area contributed by atoms with Gasteiger partial charge in [0.25, 0.3) is 5.89 Å². The van der Waals surface area contributed by atoms with Crippen molar-refractivity contribution in [3.05, 3.63) is 47.5 Å². The van der Waals surface area contributed by atoms with Crippen molar-refractivity contribution in [3.63, 3.8) is 0 Å². The van der Waals surface area contributed by atoms with Crippen LogP contribution >= 0.6 is 0 Å². The van der Waals surface area contributed by atoms with E-state index in [1.165, 1.54) is 7.11 Å². The first-order valence-electron chi connectivity index (χ1n) is 8.85. The third-order valence-corrected chi connectivity index (χ3v) is 4.04. The molecule has 0 spiro atoms. The molecule has 0 fully saturated rings. The van der Waals surface area contributed by atoms with Gasteiger partial charge in [0, 0.05) is 25.1 Å². The van der Waals surface area contributed by atoms with Crippen LogP contribution in [0.25, 0.3) is 11.6 Å². The van der Waals surface area contributed by atoms with E-state index >= 15 is 0 Å². The number of carbonyl (C=O) groups is 2. The van der Waals surface area contributed by atoms with E-state index in [0.717, 1.165) is 11.4 Å². The highest BCUT2D eigenvalue weighted by Gasteiger charge is 2.15. The summed E-state index contributed by atoms with van der Waals surface area (Å²) < 4.78 is 12.1. The standard InChI is InChI=1S/C19H21N5O4/c1-4-24-15(11-12(2)23-24)18-22-21-17(28-18)10-9-16(25)20-14-7-5-13(6-8-14)19(26)27-3/h5-8,11H,4,9-10H2,1-3H3,(H,20,25). The van der Waals surface area contributed by atoms with Crippen LogP contribution in [-0.4, -0.2) is 39.0 Å². The number of nitrogens with one attached hydrogen (secondary N) is 1. The molecule has 0 radical (unpaired) electrons. The van der Waals surface area contributed by atoms with Crippen LogP contribution in [0.3, 0.4) is 0 Å². The van der Waals surface area contributed by atoms with Crippen LogP contribution in [0.2, 0.25) is 0 Å². The second-order valence-corrected chi connectivity index (χ2v) is 6.10. The number of esters is 1. The van der Waals surface area contributed by atoms with Crippen molar-refractivity contribution in [2.75, 3.05) is 12.4 Å². The van der Waals surface area contributed by atoms with Crippen LogP contribution in [0.1, 0.15) is 35.3 Å². The van der Waals surface area contributed by atoms with Crippen molar-refractivity contribution in [2.45, 2.75) is 33.2 Å². The monoisotopic (exact) mass is 383 g/mol. The van der Waals surface area contributed by atoms with Gasteiger partial charge in [-0.15, -0.1) is 10.2 Å². The molecule has 2 aromatic heterocycles. The van der Waals surface area contributed by atoms with E-state index < -0.39 is 5.97 Å². The maximum Gasteiger partial charge on any atom is 0.337 e. The Morgan fingerprint density at radius 3 is 2.64 bits per heavy atom. The molecule has 9 nitrogen and oxygen atoms in total. The quantitative estimate of drug-likeness (QED) is 0.624. The molecule has 9 heteroatoms. The molecule has 2 heterocycles. The molecule has 1 N–H and O–H groups in total. The van der Waals surface area contributed by atoms with Gasteiger partial charge in [0.15, 0.2) is 0 Å². The summed E-state index contributed by atoms with van der Waals surface area (Å²) in [6, 6.07) is 8.34. The lowest BCUT2D eigenvalue weighted by atomic mass is 10.2. The molecule has 0 bridgehead atoms. The third-order valence-electron chi connectivity index (χ3n) is 4.04. The van der Waals surface area contributed by atoms with Crippen LogP contribution < -0.4 is 5.32 Å². The normalized spacial score (nSPS) is 10.7. The number of anilines is 1. The second-order valence-electron chi connectivity index (χ2n) is 6.10. The molecular formula is C19H21N5O4. The molecule has 0 aliphatic rings. The number of aryl methyl sites for hydroxylation is 3. The van der Waals surface area contributed by atoms with E-state index in [1.54, 1.807) is 28.9 Å². The number of benzene rings is 1. The molecule has 1 aromatic carbocycles. The van der Waals surface area contributed by atoms with Crippen LogP contribution in [0.5, 0.6) is 0 Å². The predicted octanol–water partition coefficient (Wildman–Crippen LogP) is 2.62. The van der Waals surface area contributed by atoms with Crippen molar-refractivity contribution in [2.24, 2.45) is 0 Å². The zero-order chi connectivity index (χ0) is 20.1. The van der Waals surface area contributed by atoms with Gasteiger partial charge in [-0.05, 0) is 44.2 Å². The average Bonchev–Trinajstić information content (AvgIpc) is 3.32. The fourth-order valence-electron chi connectivity index (χ4n) is 2.67. The Balaban J connectivity index is 1.56. The number of nitrogens with zero attached hydrogens (tertiary/aromatic N) is 4. The number of amides is 1. The molecule has 146 valence electrons. The largest absolute Gasteiger partial charge is 0.465 e. The average molecular weight is 383 g/mol. The summed E-state index contributed by atoms with van der Waals surface area (Å²) in [7, 11) is 1.32. The molecule has 28 heavy (non-hydrogen) atoms. The Bertz CT molecular complexity index is 975. The summed E-state index contributed by atoms with van der Waals surface area (Å²) in [5.41, 5.74) is 2.63. The van der Waals surface area contributed by atoms with E-state index in [0.29, 0.717) is 36.0 Å². The van der Waals surface area contributed by atoms with E-state index in [1.807, 2.05) is 19.9 Å². The molecule has 1 amide bonds. The number of rotatable bonds is 7. The summed E-state index contributed by atoms with van der Waals surface area (Å²) >= 11 is 0. The Hall–Kier alpha value is -3.49. The molecule has 0 aliphatic carbocycles. The van der Waals surface area contributed by atoms with Crippen molar-refractivity contribution in [1.29, 1.82) is 0 Å². The van der Waals surface area contributed by atoms with Crippen LogP contribution in [0, 0.1) is 6.92 Å². The summed E-state index contributed by atoms with van der Waals surface area (Å²) in [5.74, 6) is 0.147. The van der Waals surface area contributed by atoms with Crippen molar-refractivity contribution < 1.29 is 18.7 Å². The van der Waals surface area contributed by atoms with Crippen LogP contribution in [0.4, 0.5) is 5.69 Å². The molecule has 0 atom stereocenters. The Kier molecular flexibility index (Phi) is 5.83. The van der Waals surface area contributed by atoms with Gasteiger partial charge in [-0.25, -0.2) is 4.79 Å². The molecule has 3 rings (SSSR count). The molecular weight excluding hydrogens is 362 g/mol. The minimum Gasteiger partial charge on any atom is -0.465 e. The number of carbonyl (C=O) groups excluding carboxylic acids is 2. The first-order chi connectivity index (χ1) is 13.5. The minimum absolute atomic E-state index is 0.187. The Morgan fingerprint density at radius 2 is 1.96 bits per heavy atom. The van der Waals surface area contributed by atoms with Crippen LogP contribution in [0.15, 0.2) is 34.7 Å². The highest BCUT2D eigenvalue weighted by molar-refractivity contribution is 5.93. The van der Waals surface area contributed by atoms with Gasteiger partial charge in [-0.1, -0.05) is 0 Å². The van der Waals surface area contributed by atoms with Gasteiger partial charge in [0.1, 0.15) is 5.69 Å². The highest BCUT2D eigenvalue weighted by atomic mass is 16.5. The molecule has 0 saturated heterocycles. The number of hydrogen-bond acceptors (Lipinski definition) is 7. The zero-order valence-electron chi connectivity index (χ0n) is 15.9. The first kappa shape index (κ1) is 19.3. The van der Waals surface area contributed by atoms with E-state index in [-0.39, 0.29) is 12.3 Å². The van der Waals surface area contributed by atoms with Gasteiger partial charge < -0.3 is 14.5 Å². The fourth-order valence-corrected chi connectivity index (χ4v) is 2.67. The van der Waals surface area contributed by atoms with E-state index in [4.69, 9.17) is 4.42 Å². The lowest BCUT2D eigenvalue weighted by Gasteiger charge is -2.05. The molecule has 0 saturated carbocycles. The van der Waals surface area contributed by atoms with Crippen LogP contribution in [-0.2, 0) is 22.5 Å². The first-order valence-corrected chi connectivity index (χ1v) is 8.85. The third kappa shape index (κ3) is 4.43. The highest BCUT2D eigenvalue weighted by Crippen LogP contribution is 2.20. The van der Waals surface area contributed by atoms with Gasteiger partial charge in [-0.3, -0.25) is 9.48 Å². The van der Waals surface area contributed by atoms with Gasteiger partial charge in [0.05, 0.1) is 18.4 Å². The SMILES string of the molecule is CCn1nc(C)cc1-c1nnc(CCC(=O)Nc2ccc(C(=O)OC)cc2)o1. The van der Waals surface area contributed by atoms with Crippen molar-refractivity contribution in [1.82, 2.24) is 20.0 Å². The predicted molar refractivity (Wildman–Crippen MR) is 101 cm³/mol. The number of ether oxygens (including phenoxy) is 1. The van der Waals surface area contributed by atoms with E-state index in [9.17, 15) is 9.59 Å². The lowest BCUT2D eigenvalue weighted by Crippen LogP contribution is -2.12. The Labute approximate surface area is 161 Å². The smallest absolute Gasteiger partial charge is 0.337 e. The summed E-state index contributed by atoms with van der Waals surface area (Å²) in [6.07, 6.45) is 0.505. The maximum absolute atomic E-state index is 12.1. The van der Waals surface area contributed by atoms with Gasteiger partial charge in [-0.2, -0.15) is 5.10 Å². The summed E-state index contributed by atoms with van der Waals surface area (Å²) in [4.78, 5) is 23.5. The number of methoxy groups -OCH3 is 1. The summed E-state index contributed by atoms with van der Waals surface area (Å²) in [6.45, 7) is 4.57. The zero-order valence-corrected chi connectivity index (χ0v) is 15.9. The molecule has 0 unspecified atom stereocenters. The van der Waals surface area contributed by atoms with Gasteiger partial charge >= 0.3 is 5.97 Å². The maximum atomic E-state index is 12.1. The van der Waals surface area contributed by atoms with Crippen molar-refractivity contribution >= 4 is 17.6 Å². The number of aromatic nitrogens is 4. The van der Waals surface area contributed by atoms with Gasteiger partial charge in [0.2, 0.25) is 11.8 Å². The topological polar surface area (TPSA) is 112 Å². The van der Waals surface area contributed by atoms with Crippen molar-refractivity contribution in [3.8, 4) is 11.6 Å². The second kappa shape index (κ2) is 8.47. The lowest BCUT2D eigenvalue weighted by molar-refractivity contribution is -0.116. The number of hydrogen-bond donors (Lipinski definition) is 1. The van der Waals surface area contributed by atoms with E-state index in [2.05, 4.69) is 25.3 Å². The molecule has 3 aromatic rings. The Morgan fingerprint density at radius 1 is 1.21 bits per heavy atom. The summed E-state index contributed by atoms with van der Waals surface area (Å²) in [5, 5.41) is 15.2. The fraction of sp³-hybridized carbons (Fsp3) is 0.316. The minimum atomic E-state index is -0.426. The molecule has 0 aliphatic heterocycles.